The van der Waals surface area contributed by atoms with Crippen molar-refractivity contribution in [1.29, 1.82) is 0 Å². The predicted molar refractivity (Wildman–Crippen MR) is 196 cm³/mol. The predicted octanol–water partition coefficient (Wildman–Crippen LogP) is 0.735. The van der Waals surface area contributed by atoms with Crippen LogP contribution >= 0.6 is 0 Å². The van der Waals surface area contributed by atoms with Crippen LogP contribution in [0.5, 0.6) is 0 Å². The monoisotopic (exact) mass is 742 g/mol. The first-order valence-electron chi connectivity index (χ1n) is 18.4. The smallest absolute Gasteiger partial charge is 0.304 e. The van der Waals surface area contributed by atoms with E-state index in [0.717, 1.165) is 11.1 Å². The van der Waals surface area contributed by atoms with Gasteiger partial charge >= 0.3 is 5.97 Å². The maximum Gasteiger partial charge on any atom is 0.304 e. The largest absolute Gasteiger partial charge is 0.481 e. The summed E-state index contributed by atoms with van der Waals surface area (Å²) >= 11 is 0. The molecule has 2 saturated heterocycles. The van der Waals surface area contributed by atoms with Gasteiger partial charge in [-0.15, -0.1) is 0 Å². The minimum Gasteiger partial charge on any atom is -0.481 e. The van der Waals surface area contributed by atoms with Crippen molar-refractivity contribution in [3.63, 3.8) is 0 Å². The summed E-state index contributed by atoms with van der Waals surface area (Å²) in [5, 5.41) is 34.0. The van der Waals surface area contributed by atoms with Gasteiger partial charge in [-0.25, -0.2) is 0 Å². The van der Waals surface area contributed by atoms with E-state index < -0.39 is 108 Å². The second kappa shape index (κ2) is 18.6. The molecule has 0 spiro atoms. The molecule has 8 atom stereocenters. The third-order valence-corrected chi connectivity index (χ3v) is 9.47. The summed E-state index contributed by atoms with van der Waals surface area (Å²) in [7, 11) is 0. The highest BCUT2D eigenvalue weighted by Crippen LogP contribution is 2.24. The van der Waals surface area contributed by atoms with E-state index in [0.29, 0.717) is 19.4 Å². The van der Waals surface area contributed by atoms with E-state index in [9.17, 15) is 43.8 Å². The van der Waals surface area contributed by atoms with Gasteiger partial charge in [0.25, 0.3) is 0 Å². The van der Waals surface area contributed by atoms with Gasteiger partial charge in [-0.2, -0.15) is 0 Å². The number of carbonyl (C=O) groups excluding carboxylic acids is 6. The molecule has 0 radical (unpaired) electrons. The molecule has 2 fully saturated rings. The molecule has 7 N–H and O–H groups in total. The van der Waals surface area contributed by atoms with Crippen LogP contribution in [0.3, 0.4) is 0 Å². The van der Waals surface area contributed by atoms with Gasteiger partial charge in [0, 0.05) is 18.4 Å². The maximum absolute atomic E-state index is 14.2. The fourth-order valence-electron chi connectivity index (χ4n) is 6.89. The van der Waals surface area contributed by atoms with Crippen molar-refractivity contribution in [3.05, 3.63) is 35.4 Å². The number of nitrogens with zero attached hydrogens (tertiary/aromatic N) is 1. The molecule has 2 aliphatic rings. The highest BCUT2D eigenvalue weighted by molar-refractivity contribution is 5.97. The lowest BCUT2D eigenvalue weighted by Gasteiger charge is -2.38. The summed E-state index contributed by atoms with van der Waals surface area (Å²) in [6.45, 7) is 14.1. The van der Waals surface area contributed by atoms with Gasteiger partial charge in [-0.3, -0.25) is 38.5 Å². The summed E-state index contributed by atoms with van der Waals surface area (Å²) in [5.74, 6) is -6.94. The Labute approximate surface area is 311 Å². The van der Waals surface area contributed by atoms with Gasteiger partial charge in [-0.05, 0) is 78.8 Å². The number of amides is 5. The van der Waals surface area contributed by atoms with Crippen LogP contribution in [0.25, 0.3) is 0 Å². The lowest BCUT2D eigenvalue weighted by molar-refractivity contribution is -0.143. The molecule has 0 saturated carbocycles. The normalized spacial score (nSPS) is 27.7. The molecule has 15 heteroatoms. The number of benzene rings is 1. The van der Waals surface area contributed by atoms with E-state index in [2.05, 4.69) is 26.6 Å². The molecule has 3 rings (SSSR count). The van der Waals surface area contributed by atoms with Crippen molar-refractivity contribution in [1.82, 2.24) is 31.5 Å². The molecular formula is C38H58N6O9. The second-order valence-corrected chi connectivity index (χ2v) is 16.0. The zero-order valence-corrected chi connectivity index (χ0v) is 32.2. The highest BCUT2D eigenvalue weighted by Gasteiger charge is 2.44. The minimum absolute atomic E-state index is 0.0817. The van der Waals surface area contributed by atoms with Crippen LogP contribution in [-0.4, -0.2) is 111 Å². The summed E-state index contributed by atoms with van der Waals surface area (Å²) in [4.78, 5) is 96.9. The maximum atomic E-state index is 14.2. The third-order valence-electron chi connectivity index (χ3n) is 9.47. The van der Waals surface area contributed by atoms with E-state index in [1.807, 2.05) is 45.0 Å². The zero-order chi connectivity index (χ0) is 39.8. The van der Waals surface area contributed by atoms with Crippen molar-refractivity contribution >= 4 is 41.3 Å². The lowest BCUT2D eigenvalue weighted by Crippen LogP contribution is -2.65. The number of ketones is 1. The van der Waals surface area contributed by atoms with Gasteiger partial charge in [0.1, 0.15) is 18.1 Å². The number of hydrogen-bond donors (Lipinski definition) is 7. The van der Waals surface area contributed by atoms with E-state index in [1.165, 1.54) is 6.92 Å². The Hall–Kier alpha value is -4.37. The Morgan fingerprint density at radius 1 is 0.906 bits per heavy atom. The van der Waals surface area contributed by atoms with Crippen LogP contribution in [0.1, 0.15) is 91.7 Å². The quantitative estimate of drug-likeness (QED) is 0.198. The van der Waals surface area contributed by atoms with Crippen molar-refractivity contribution in [2.24, 2.45) is 11.8 Å². The molecule has 5 amide bonds. The fourth-order valence-corrected chi connectivity index (χ4v) is 6.89. The summed E-state index contributed by atoms with van der Waals surface area (Å²) in [5.41, 5.74) is 1.07. The van der Waals surface area contributed by atoms with Gasteiger partial charge in [0.15, 0.2) is 5.78 Å². The van der Waals surface area contributed by atoms with Crippen molar-refractivity contribution in [3.8, 4) is 0 Å². The van der Waals surface area contributed by atoms with E-state index in [-0.39, 0.29) is 18.8 Å². The van der Waals surface area contributed by atoms with Crippen molar-refractivity contribution in [2.75, 3.05) is 6.54 Å². The molecule has 1 aromatic rings. The molecule has 294 valence electrons. The summed E-state index contributed by atoms with van der Waals surface area (Å²) in [6, 6.07) is 0.673. The van der Waals surface area contributed by atoms with Crippen LogP contribution in [0.2, 0.25) is 0 Å². The number of rotatable bonds is 8. The number of carboxylic acid groups (broad SMARTS) is 1. The Morgan fingerprint density at radius 2 is 1.53 bits per heavy atom. The molecule has 0 bridgehead atoms. The third kappa shape index (κ3) is 12.6. The van der Waals surface area contributed by atoms with Crippen molar-refractivity contribution in [2.45, 2.75) is 142 Å². The Morgan fingerprint density at radius 3 is 2.09 bits per heavy atom. The number of fused-ring (bicyclic) bond motifs is 1. The molecule has 2 aliphatic heterocycles. The van der Waals surface area contributed by atoms with Crippen LogP contribution in [0, 0.1) is 18.8 Å². The minimum atomic E-state index is -1.58. The number of aliphatic hydroxyl groups excluding tert-OH is 1. The number of Topliss-reactive ketones (excluding diaryl/α,β-unsaturated/α-hetero) is 1. The number of aliphatic carboxylic acids is 1. The average molecular weight is 743 g/mol. The number of carbonyl (C=O) groups is 7. The molecule has 2 heterocycles. The van der Waals surface area contributed by atoms with Crippen molar-refractivity contribution < 1.29 is 43.8 Å². The van der Waals surface area contributed by atoms with Crippen LogP contribution in [-0.2, 0) is 40.0 Å². The zero-order valence-electron chi connectivity index (χ0n) is 32.2. The molecule has 15 nitrogen and oxygen atoms in total. The summed E-state index contributed by atoms with van der Waals surface area (Å²) < 4.78 is 0. The molecule has 0 aliphatic carbocycles. The molecular weight excluding hydrogens is 684 g/mol. The highest BCUT2D eigenvalue weighted by atomic mass is 16.4. The first-order valence-corrected chi connectivity index (χ1v) is 18.4. The van der Waals surface area contributed by atoms with E-state index in [1.54, 1.807) is 32.6 Å². The molecule has 0 aromatic heterocycles. The standard InChI is InChI=1S/C38H58N6O9/c1-20(2)16-26-29(46)18-25(19-30(47)48)33(49)42-31(23(5)45)36(52)39-22(4)32(37(53)43-38(6,7)8)44-15-9-10-28(44)35(51)41-27(34(50)40-26)17-24-13-11-21(3)12-14-24/h11-14,20,22-23,25-28,31-32,45H,9-10,15-19H2,1-8H3,(H,39,52)(H,40,50)(H,41,51)(H,42,49)(H,43,53)(H,47,48)/t22-,23-,25+,26+,27+,28+,31+,32-/m1/s1. The van der Waals surface area contributed by atoms with Crippen LogP contribution < -0.4 is 26.6 Å². The SMILES string of the molecule is Cc1ccc(C[C@@H]2NC(=O)[C@@H]3CCCN3[C@@H](C(=O)NC(C)(C)C)[C@@H](C)NC(=O)[C@H]([C@@H](C)O)NC(=O)[C@H](CC(=O)O)CC(=O)[C@H](CC(C)C)NC2=O)cc1. The van der Waals surface area contributed by atoms with Crippen LogP contribution in [0.15, 0.2) is 24.3 Å². The first kappa shape index (κ1) is 43.0. The number of aliphatic hydroxyl groups is 1. The average Bonchev–Trinajstić information content (AvgIpc) is 3.50. The van der Waals surface area contributed by atoms with E-state index in [4.69, 9.17) is 0 Å². The lowest BCUT2D eigenvalue weighted by atomic mass is 9.90. The molecule has 1 aromatic carbocycles. The van der Waals surface area contributed by atoms with Gasteiger partial charge in [0.2, 0.25) is 29.5 Å². The van der Waals surface area contributed by atoms with Crippen LogP contribution in [0.4, 0.5) is 0 Å². The van der Waals surface area contributed by atoms with E-state index >= 15 is 0 Å². The molecule has 53 heavy (non-hydrogen) atoms. The number of hydrogen-bond acceptors (Lipinski definition) is 9. The topological polar surface area (TPSA) is 223 Å². The number of aryl methyl sites for hydroxylation is 1. The van der Waals surface area contributed by atoms with Gasteiger partial charge < -0.3 is 36.8 Å². The summed E-state index contributed by atoms with van der Waals surface area (Å²) in [6.07, 6.45) is -1.66. The second-order valence-electron chi connectivity index (χ2n) is 16.0. The Kier molecular flexibility index (Phi) is 15.1. The number of carboxylic acids is 1. The fraction of sp³-hybridized carbons (Fsp3) is 0.658. The molecule has 0 unspecified atom stereocenters. The number of nitrogens with one attached hydrogen (secondary N) is 5. The van der Waals surface area contributed by atoms with Gasteiger partial charge in [-0.1, -0.05) is 43.7 Å². The Balaban J connectivity index is 2.16. The van der Waals surface area contributed by atoms with Gasteiger partial charge in [0.05, 0.1) is 36.6 Å². The Bertz CT molecular complexity index is 1510. The first-order chi connectivity index (χ1) is 24.7.